The number of halogens is 3. The molecule has 2 unspecified atom stereocenters. The third-order valence-corrected chi connectivity index (χ3v) is 8.04. The molecule has 0 saturated carbocycles. The molecule has 2 aromatic heterocycles. The summed E-state index contributed by atoms with van der Waals surface area (Å²) in [4.78, 5) is 61.8. The van der Waals surface area contributed by atoms with E-state index in [0.717, 1.165) is 4.90 Å². The number of alkyl halides is 3. The standard InChI is InChI=1S/C30H29F3N4O6S/c1-5-42-25(38)23-15-19(11-13-34-23)17(3)29(18(4)20-12-14-35-24(16-20)26(39)43-6-2)27(40)37(28(41)36-29)21-7-9-22(10-8-21)44-30(31,32)33/h7-18H,5-6H2,1-4H3,(H,36,41). The van der Waals surface area contributed by atoms with Gasteiger partial charge in [0.1, 0.15) is 16.9 Å². The molecule has 1 aliphatic heterocycles. The lowest BCUT2D eigenvalue weighted by Gasteiger charge is -2.39. The molecule has 4 rings (SSSR count). The smallest absolute Gasteiger partial charge is 0.446 e. The number of hydrogen-bond donors (Lipinski definition) is 1. The van der Waals surface area contributed by atoms with Gasteiger partial charge in [-0.3, -0.25) is 4.79 Å². The van der Waals surface area contributed by atoms with Crippen LogP contribution in [0.4, 0.5) is 23.7 Å². The van der Waals surface area contributed by atoms with Crippen molar-refractivity contribution in [1.29, 1.82) is 0 Å². The molecule has 232 valence electrons. The van der Waals surface area contributed by atoms with Gasteiger partial charge in [-0.1, -0.05) is 13.8 Å². The zero-order valence-electron chi connectivity index (χ0n) is 24.2. The summed E-state index contributed by atoms with van der Waals surface area (Å²) in [7, 11) is 0. The minimum absolute atomic E-state index is 0.00102. The van der Waals surface area contributed by atoms with Crippen LogP contribution >= 0.6 is 11.8 Å². The predicted octanol–water partition coefficient (Wildman–Crippen LogP) is 5.84. The number of amides is 3. The van der Waals surface area contributed by atoms with E-state index in [1.54, 1.807) is 39.8 Å². The lowest BCUT2D eigenvalue weighted by atomic mass is 9.69. The molecule has 0 radical (unpaired) electrons. The Morgan fingerprint density at radius 3 is 1.80 bits per heavy atom. The van der Waals surface area contributed by atoms with Crippen LogP contribution in [0.5, 0.6) is 0 Å². The molecule has 10 nitrogen and oxygen atoms in total. The van der Waals surface area contributed by atoms with Gasteiger partial charge in [0.05, 0.1) is 18.9 Å². The number of carbonyl (C=O) groups excluding carboxylic acids is 4. The number of rotatable bonds is 10. The van der Waals surface area contributed by atoms with E-state index in [1.165, 1.54) is 48.8 Å². The number of benzene rings is 1. The van der Waals surface area contributed by atoms with Crippen LogP contribution in [-0.2, 0) is 14.3 Å². The topological polar surface area (TPSA) is 128 Å². The molecule has 1 aliphatic rings. The average molecular weight is 631 g/mol. The van der Waals surface area contributed by atoms with Gasteiger partial charge in [0.2, 0.25) is 0 Å². The van der Waals surface area contributed by atoms with Crippen molar-refractivity contribution in [1.82, 2.24) is 15.3 Å². The minimum atomic E-state index is -4.51. The minimum Gasteiger partial charge on any atom is -0.461 e. The summed E-state index contributed by atoms with van der Waals surface area (Å²) in [5, 5.41) is 2.84. The lowest BCUT2D eigenvalue weighted by molar-refractivity contribution is -0.123. The van der Waals surface area contributed by atoms with Gasteiger partial charge in [-0.05, 0) is 85.3 Å². The maximum atomic E-state index is 14.5. The molecule has 44 heavy (non-hydrogen) atoms. The Morgan fingerprint density at radius 1 is 0.886 bits per heavy atom. The van der Waals surface area contributed by atoms with Gasteiger partial charge >= 0.3 is 23.5 Å². The monoisotopic (exact) mass is 630 g/mol. The highest BCUT2D eigenvalue weighted by Gasteiger charge is 2.58. The van der Waals surface area contributed by atoms with Gasteiger partial charge < -0.3 is 14.8 Å². The zero-order chi connectivity index (χ0) is 32.2. The van der Waals surface area contributed by atoms with Crippen molar-refractivity contribution in [2.24, 2.45) is 0 Å². The molecule has 2 atom stereocenters. The van der Waals surface area contributed by atoms with Crippen LogP contribution in [0.25, 0.3) is 0 Å². The van der Waals surface area contributed by atoms with Gasteiger partial charge in [0.25, 0.3) is 5.91 Å². The molecule has 1 aromatic carbocycles. The lowest BCUT2D eigenvalue weighted by Crippen LogP contribution is -2.55. The molecule has 1 fully saturated rings. The second-order valence-corrected chi connectivity index (χ2v) is 11.0. The number of nitrogens with one attached hydrogen (secondary N) is 1. The van der Waals surface area contributed by atoms with Crippen LogP contribution in [0.2, 0.25) is 0 Å². The number of anilines is 1. The van der Waals surface area contributed by atoms with Crippen molar-refractivity contribution in [2.75, 3.05) is 18.1 Å². The molecule has 3 aromatic rings. The van der Waals surface area contributed by atoms with Gasteiger partial charge in [-0.25, -0.2) is 29.3 Å². The molecule has 1 N–H and O–H groups in total. The number of hydrogen-bond acceptors (Lipinski definition) is 9. The Labute approximate surface area is 255 Å². The maximum absolute atomic E-state index is 14.5. The molecule has 3 amide bonds. The highest BCUT2D eigenvalue weighted by molar-refractivity contribution is 8.00. The van der Waals surface area contributed by atoms with E-state index in [0.29, 0.717) is 11.1 Å². The first-order chi connectivity index (χ1) is 20.8. The number of esters is 2. The first kappa shape index (κ1) is 32.5. The van der Waals surface area contributed by atoms with Crippen LogP contribution in [0.1, 0.15) is 71.6 Å². The molecular formula is C30H29F3N4O6S. The fraction of sp³-hybridized carbons (Fsp3) is 0.333. The number of imide groups is 1. The number of ether oxygens (including phenoxy) is 2. The Hall–Kier alpha value is -4.46. The van der Waals surface area contributed by atoms with E-state index in [2.05, 4.69) is 15.3 Å². The molecule has 0 aliphatic carbocycles. The molecule has 0 bridgehead atoms. The summed E-state index contributed by atoms with van der Waals surface area (Å²) in [6.45, 7) is 6.93. The summed E-state index contributed by atoms with van der Waals surface area (Å²) in [6.07, 6.45) is 2.77. The third-order valence-electron chi connectivity index (χ3n) is 7.31. The fourth-order valence-corrected chi connectivity index (χ4v) is 5.69. The van der Waals surface area contributed by atoms with Crippen LogP contribution < -0.4 is 10.2 Å². The largest absolute Gasteiger partial charge is 0.461 e. The van der Waals surface area contributed by atoms with Gasteiger partial charge in [0.15, 0.2) is 0 Å². The molecule has 1 saturated heterocycles. The summed E-state index contributed by atoms with van der Waals surface area (Å²) in [5.41, 5.74) is -5.20. The Morgan fingerprint density at radius 2 is 1.36 bits per heavy atom. The second kappa shape index (κ2) is 13.0. The molecule has 3 heterocycles. The van der Waals surface area contributed by atoms with Crippen LogP contribution in [0.3, 0.4) is 0 Å². The summed E-state index contributed by atoms with van der Waals surface area (Å²) < 4.78 is 48.8. The highest BCUT2D eigenvalue weighted by Crippen LogP contribution is 2.45. The zero-order valence-corrected chi connectivity index (χ0v) is 25.0. The van der Waals surface area contributed by atoms with E-state index in [-0.39, 0.29) is 46.9 Å². The van der Waals surface area contributed by atoms with E-state index >= 15 is 0 Å². The van der Waals surface area contributed by atoms with Gasteiger partial charge in [-0.2, -0.15) is 13.2 Å². The second-order valence-electron chi connectivity index (χ2n) is 9.81. The van der Waals surface area contributed by atoms with Crippen molar-refractivity contribution in [3.05, 3.63) is 83.4 Å². The quantitative estimate of drug-likeness (QED) is 0.167. The van der Waals surface area contributed by atoms with Gasteiger partial charge in [0, 0.05) is 29.1 Å². The van der Waals surface area contributed by atoms with Crippen LogP contribution in [0.15, 0.2) is 65.8 Å². The highest BCUT2D eigenvalue weighted by atomic mass is 32.2. The average Bonchev–Trinajstić information content (AvgIpc) is 3.26. The molecular weight excluding hydrogens is 601 g/mol. The van der Waals surface area contributed by atoms with Crippen LogP contribution in [-0.4, -0.2) is 58.1 Å². The molecule has 14 heteroatoms. The third kappa shape index (κ3) is 6.54. The first-order valence-corrected chi connectivity index (χ1v) is 14.4. The number of carbonyl (C=O) groups is 4. The van der Waals surface area contributed by atoms with Crippen molar-refractivity contribution in [3.8, 4) is 0 Å². The summed E-state index contributed by atoms with van der Waals surface area (Å²) in [6, 6.07) is 10.2. The van der Waals surface area contributed by atoms with E-state index in [4.69, 9.17) is 9.47 Å². The van der Waals surface area contributed by atoms with Crippen molar-refractivity contribution in [2.45, 2.75) is 55.5 Å². The van der Waals surface area contributed by atoms with Crippen molar-refractivity contribution in [3.63, 3.8) is 0 Å². The fourth-order valence-electron chi connectivity index (χ4n) is 5.15. The number of nitrogens with zero attached hydrogens (tertiary/aromatic N) is 3. The Kier molecular flexibility index (Phi) is 9.62. The first-order valence-electron chi connectivity index (χ1n) is 13.6. The van der Waals surface area contributed by atoms with Crippen molar-refractivity contribution >= 4 is 41.3 Å². The molecule has 0 spiro atoms. The predicted molar refractivity (Wildman–Crippen MR) is 154 cm³/mol. The van der Waals surface area contributed by atoms with Crippen LogP contribution in [0, 0.1) is 0 Å². The summed E-state index contributed by atoms with van der Waals surface area (Å²) >= 11 is -0.320. The van der Waals surface area contributed by atoms with Gasteiger partial charge in [-0.15, -0.1) is 0 Å². The SMILES string of the molecule is CCOC(=O)c1cc(C(C)C2(C(C)c3ccnc(C(=O)OCC)c3)NC(=O)N(c3ccc(SC(F)(F)F)cc3)C2=O)ccn1. The Balaban J connectivity index is 1.82. The number of thioether (sulfide) groups is 1. The van der Waals surface area contributed by atoms with E-state index < -0.39 is 46.8 Å². The maximum Gasteiger partial charge on any atom is 0.446 e. The summed E-state index contributed by atoms with van der Waals surface area (Å²) in [5.74, 6) is -3.62. The number of pyridine rings is 2. The van der Waals surface area contributed by atoms with E-state index in [9.17, 15) is 32.3 Å². The van der Waals surface area contributed by atoms with Crippen molar-refractivity contribution < 1.29 is 41.8 Å². The number of aromatic nitrogens is 2. The Bertz CT molecular complexity index is 1500. The number of urea groups is 1. The normalized spacial score (nSPS) is 18.0. The van der Waals surface area contributed by atoms with E-state index in [1.807, 2.05) is 0 Å².